The Labute approximate surface area is 173 Å². The third-order valence-electron chi connectivity index (χ3n) is 4.52. The fourth-order valence-corrected chi connectivity index (χ4v) is 3.76. The number of hydrogen-bond donors (Lipinski definition) is 1. The fourth-order valence-electron chi connectivity index (χ4n) is 3.03. The second-order valence-corrected chi connectivity index (χ2v) is 7.50. The molecule has 150 valence electrons. The highest BCUT2D eigenvalue weighted by Gasteiger charge is 2.14. The summed E-state index contributed by atoms with van der Waals surface area (Å²) in [6.07, 6.45) is 1.86. The van der Waals surface area contributed by atoms with Gasteiger partial charge < -0.3 is 9.30 Å². The largest absolute Gasteiger partial charge is 0.484 e. The molecule has 2 aromatic heterocycles. The number of aryl methyl sites for hydroxylation is 1. The predicted octanol–water partition coefficient (Wildman–Crippen LogP) is 4.63. The van der Waals surface area contributed by atoms with Gasteiger partial charge in [0.05, 0.1) is 5.69 Å². The second-order valence-electron chi connectivity index (χ2n) is 6.64. The molecule has 0 aliphatic heterocycles. The maximum absolute atomic E-state index is 12.2. The Hall–Kier alpha value is -3.19. The summed E-state index contributed by atoms with van der Waals surface area (Å²) in [4.78, 5) is 28.2. The Balaban J connectivity index is 1.64. The van der Waals surface area contributed by atoms with E-state index in [9.17, 15) is 9.59 Å². The number of ether oxygens (including phenoxy) is 1. The van der Waals surface area contributed by atoms with E-state index < -0.39 is 0 Å². The molecule has 29 heavy (non-hydrogen) atoms. The molecule has 0 saturated heterocycles. The van der Waals surface area contributed by atoms with Crippen molar-refractivity contribution < 1.29 is 14.3 Å². The molecule has 0 aliphatic carbocycles. The van der Waals surface area contributed by atoms with Crippen LogP contribution in [-0.4, -0.2) is 27.8 Å². The Morgan fingerprint density at radius 2 is 2.10 bits per heavy atom. The van der Waals surface area contributed by atoms with Gasteiger partial charge in [-0.15, -0.1) is 17.9 Å². The first-order valence-electron chi connectivity index (χ1n) is 9.16. The van der Waals surface area contributed by atoms with Crippen molar-refractivity contribution in [3.63, 3.8) is 0 Å². The zero-order valence-corrected chi connectivity index (χ0v) is 17.5. The van der Waals surface area contributed by atoms with Crippen molar-refractivity contribution in [3.05, 3.63) is 65.3 Å². The number of nitrogens with one attached hydrogen (secondary N) is 1. The van der Waals surface area contributed by atoms with Crippen molar-refractivity contribution in [2.75, 3.05) is 11.9 Å². The van der Waals surface area contributed by atoms with E-state index in [4.69, 9.17) is 4.74 Å². The molecule has 0 saturated carbocycles. The number of rotatable bonds is 8. The van der Waals surface area contributed by atoms with Gasteiger partial charge in [0.25, 0.3) is 5.91 Å². The van der Waals surface area contributed by atoms with E-state index in [1.807, 2.05) is 25.3 Å². The van der Waals surface area contributed by atoms with E-state index >= 15 is 0 Å². The van der Waals surface area contributed by atoms with E-state index in [0.29, 0.717) is 16.4 Å². The van der Waals surface area contributed by atoms with E-state index in [2.05, 4.69) is 27.5 Å². The number of allylic oxidation sites excluding steroid dienone is 1. The lowest BCUT2D eigenvalue weighted by Gasteiger charge is -2.07. The number of thiazole rings is 1. The third-order valence-corrected chi connectivity index (χ3v) is 5.28. The lowest BCUT2D eigenvalue weighted by Crippen LogP contribution is -2.20. The number of anilines is 1. The molecule has 7 heteroatoms. The number of carbonyl (C=O) groups is 2. The highest BCUT2D eigenvalue weighted by atomic mass is 32.1. The molecular formula is C22H23N3O3S. The summed E-state index contributed by atoms with van der Waals surface area (Å²) < 4.78 is 7.66. The minimum absolute atomic E-state index is 0.0531. The zero-order valence-electron chi connectivity index (χ0n) is 16.7. The molecule has 1 amide bonds. The number of hydrogen-bond acceptors (Lipinski definition) is 5. The number of benzene rings is 1. The van der Waals surface area contributed by atoms with Gasteiger partial charge in [0, 0.05) is 34.4 Å². The first kappa shape index (κ1) is 20.5. The van der Waals surface area contributed by atoms with Crippen LogP contribution in [0.5, 0.6) is 5.75 Å². The molecule has 0 atom stereocenters. The SMILES string of the molecule is C=CCn1c(C)cc(-c2csc(NC(=O)COc3cccc(C(C)=O)c3)n2)c1C. The smallest absolute Gasteiger partial charge is 0.264 e. The van der Waals surface area contributed by atoms with Crippen LogP contribution in [-0.2, 0) is 11.3 Å². The average molecular weight is 410 g/mol. The maximum Gasteiger partial charge on any atom is 0.264 e. The lowest BCUT2D eigenvalue weighted by atomic mass is 10.1. The van der Waals surface area contributed by atoms with Crippen molar-refractivity contribution in [1.29, 1.82) is 0 Å². The van der Waals surface area contributed by atoms with Crippen LogP contribution in [0.4, 0.5) is 5.13 Å². The molecule has 0 unspecified atom stereocenters. The molecule has 3 aromatic rings. The van der Waals surface area contributed by atoms with Gasteiger partial charge in [0.15, 0.2) is 17.5 Å². The number of amides is 1. The van der Waals surface area contributed by atoms with Crippen LogP contribution < -0.4 is 10.1 Å². The average Bonchev–Trinajstić information content (AvgIpc) is 3.26. The van der Waals surface area contributed by atoms with Crippen LogP contribution in [0.3, 0.4) is 0 Å². The van der Waals surface area contributed by atoms with Gasteiger partial charge in [-0.2, -0.15) is 0 Å². The molecule has 6 nitrogen and oxygen atoms in total. The van der Waals surface area contributed by atoms with E-state index in [-0.39, 0.29) is 18.3 Å². The molecule has 0 spiro atoms. The van der Waals surface area contributed by atoms with Gasteiger partial charge in [0.2, 0.25) is 0 Å². The molecule has 0 radical (unpaired) electrons. The molecule has 0 bridgehead atoms. The summed E-state index contributed by atoms with van der Waals surface area (Å²) in [5.74, 6) is 0.112. The van der Waals surface area contributed by atoms with Crippen molar-refractivity contribution in [2.45, 2.75) is 27.3 Å². The van der Waals surface area contributed by atoms with Crippen LogP contribution in [0, 0.1) is 13.8 Å². The van der Waals surface area contributed by atoms with Crippen LogP contribution in [0.25, 0.3) is 11.3 Å². The van der Waals surface area contributed by atoms with Gasteiger partial charge in [-0.05, 0) is 39.0 Å². The van der Waals surface area contributed by atoms with Gasteiger partial charge in [-0.3, -0.25) is 14.9 Å². The predicted molar refractivity (Wildman–Crippen MR) is 116 cm³/mol. The van der Waals surface area contributed by atoms with Crippen LogP contribution in [0.2, 0.25) is 0 Å². The summed E-state index contributed by atoms with van der Waals surface area (Å²) >= 11 is 1.37. The molecule has 3 rings (SSSR count). The number of ketones is 1. The first-order chi connectivity index (χ1) is 13.9. The summed E-state index contributed by atoms with van der Waals surface area (Å²) in [6, 6.07) is 8.85. The van der Waals surface area contributed by atoms with Crippen molar-refractivity contribution >= 4 is 28.2 Å². The summed E-state index contributed by atoms with van der Waals surface area (Å²) in [7, 11) is 0. The number of carbonyl (C=O) groups excluding carboxylic acids is 2. The van der Waals surface area contributed by atoms with E-state index in [0.717, 1.165) is 29.2 Å². The molecule has 1 aromatic carbocycles. The van der Waals surface area contributed by atoms with Crippen LogP contribution in [0.15, 0.2) is 48.4 Å². The molecule has 1 N–H and O–H groups in total. The lowest BCUT2D eigenvalue weighted by molar-refractivity contribution is -0.118. The Morgan fingerprint density at radius 1 is 1.31 bits per heavy atom. The summed E-state index contributed by atoms with van der Waals surface area (Å²) in [6.45, 7) is 9.96. The zero-order chi connectivity index (χ0) is 21.0. The molecule has 0 aliphatic rings. The minimum atomic E-state index is -0.309. The summed E-state index contributed by atoms with van der Waals surface area (Å²) in [5.41, 5.74) is 4.65. The van der Waals surface area contributed by atoms with Crippen molar-refractivity contribution in [2.24, 2.45) is 0 Å². The fraction of sp³-hybridized carbons (Fsp3) is 0.227. The van der Waals surface area contributed by atoms with Crippen LogP contribution >= 0.6 is 11.3 Å². The summed E-state index contributed by atoms with van der Waals surface area (Å²) in [5, 5.41) is 5.20. The highest BCUT2D eigenvalue weighted by molar-refractivity contribution is 7.14. The van der Waals surface area contributed by atoms with Gasteiger partial charge in [-0.1, -0.05) is 18.2 Å². The molecular weight excluding hydrogens is 386 g/mol. The first-order valence-corrected chi connectivity index (χ1v) is 10.0. The van der Waals surface area contributed by atoms with Crippen LogP contribution in [0.1, 0.15) is 28.7 Å². The number of nitrogens with zero attached hydrogens (tertiary/aromatic N) is 2. The topological polar surface area (TPSA) is 73.2 Å². The molecule has 0 fully saturated rings. The van der Waals surface area contributed by atoms with Crippen molar-refractivity contribution in [3.8, 4) is 17.0 Å². The third kappa shape index (κ3) is 4.81. The van der Waals surface area contributed by atoms with Gasteiger partial charge in [0.1, 0.15) is 5.75 Å². The second kappa shape index (κ2) is 8.87. The molecule has 2 heterocycles. The Bertz CT molecular complexity index is 1070. The van der Waals surface area contributed by atoms with Gasteiger partial charge >= 0.3 is 0 Å². The quantitative estimate of drug-likeness (QED) is 0.435. The van der Waals surface area contributed by atoms with Gasteiger partial charge in [-0.25, -0.2) is 4.98 Å². The van der Waals surface area contributed by atoms with E-state index in [1.54, 1.807) is 24.3 Å². The Kier molecular flexibility index (Phi) is 6.29. The van der Waals surface area contributed by atoms with E-state index in [1.165, 1.54) is 18.3 Å². The normalized spacial score (nSPS) is 10.6. The standard InChI is InChI=1S/C22H23N3O3S/c1-5-9-25-14(2)10-19(15(25)3)20-13-29-22(23-20)24-21(27)12-28-18-8-6-7-17(11-18)16(4)26/h5-8,10-11,13H,1,9,12H2,2-4H3,(H,23,24,27). The van der Waals surface area contributed by atoms with Crippen molar-refractivity contribution in [1.82, 2.24) is 9.55 Å². The maximum atomic E-state index is 12.2. The highest BCUT2D eigenvalue weighted by Crippen LogP contribution is 2.30. The number of aromatic nitrogens is 2. The Morgan fingerprint density at radius 3 is 2.83 bits per heavy atom. The monoisotopic (exact) mass is 409 g/mol. The number of Topliss-reactive ketones (excluding diaryl/α,β-unsaturated/α-hetero) is 1. The minimum Gasteiger partial charge on any atom is -0.484 e.